The van der Waals surface area contributed by atoms with Crippen LogP contribution in [0, 0.1) is 0 Å². The molecule has 2 aromatic carbocycles. The molecule has 4 nitrogen and oxygen atoms in total. The van der Waals surface area contributed by atoms with Gasteiger partial charge in [0.25, 0.3) is 0 Å². The van der Waals surface area contributed by atoms with Crippen molar-refractivity contribution in [2.75, 3.05) is 13.1 Å². The van der Waals surface area contributed by atoms with Crippen molar-refractivity contribution < 1.29 is 40.6 Å². The summed E-state index contributed by atoms with van der Waals surface area (Å²) in [5.41, 5.74) is 9.74. The first kappa shape index (κ1) is 17.9. The molecule has 21 heavy (non-hydrogen) atoms. The second kappa shape index (κ2) is 9.71. The van der Waals surface area contributed by atoms with Crippen molar-refractivity contribution in [3.8, 4) is 0 Å². The molecule has 0 unspecified atom stereocenters. The van der Waals surface area contributed by atoms with Crippen LogP contribution in [0.1, 0.15) is 18.5 Å². The molecule has 0 aliphatic rings. The molecule has 0 radical (unpaired) electrons. The average Bonchev–Trinajstić information content (AvgIpc) is 2.50. The van der Waals surface area contributed by atoms with E-state index in [0.717, 1.165) is 11.1 Å². The quantitative estimate of drug-likeness (QED) is 0.405. The van der Waals surface area contributed by atoms with Gasteiger partial charge in [-0.3, -0.25) is 0 Å². The topological polar surface area (TPSA) is 64.3 Å². The Kier molecular flexibility index (Phi) is 8.27. The smallest absolute Gasteiger partial charge is 1.00 e. The molecule has 2 aromatic rings. The Hall–Kier alpha value is -1.17. The van der Waals surface area contributed by atoms with E-state index in [1.54, 1.807) is 0 Å². The van der Waals surface area contributed by atoms with Crippen LogP contribution >= 0.6 is 0 Å². The van der Waals surface area contributed by atoms with Gasteiger partial charge in [0.05, 0.1) is 0 Å². The maximum atomic E-state index is 12.3. The van der Waals surface area contributed by atoms with Crippen LogP contribution < -0.4 is 40.8 Å². The molecule has 5 heteroatoms. The summed E-state index contributed by atoms with van der Waals surface area (Å²) < 4.78 is 0. The van der Waals surface area contributed by atoms with Crippen molar-refractivity contribution in [2.24, 2.45) is 5.73 Å². The molecule has 0 aliphatic heterocycles. The van der Waals surface area contributed by atoms with E-state index in [0.29, 0.717) is 13.1 Å². The van der Waals surface area contributed by atoms with Gasteiger partial charge in [-0.2, -0.15) is 5.48 Å². The van der Waals surface area contributed by atoms with Crippen LogP contribution in [0.15, 0.2) is 60.7 Å². The molecule has 0 aliphatic carbocycles. The number of carbonyl (C=O) groups excluding carboxylic acids is 1. The third kappa shape index (κ3) is 5.26. The summed E-state index contributed by atoms with van der Waals surface area (Å²) in [6.45, 7) is 0.844. The second-order valence-corrected chi connectivity index (χ2v) is 4.36. The molecule has 0 heterocycles. The number of nitrogens with two attached hydrogens (primary N) is 1. The Morgan fingerprint density at radius 2 is 1.52 bits per heavy atom. The van der Waals surface area contributed by atoms with Gasteiger partial charge in [-0.15, -0.1) is 0 Å². The minimum absolute atomic E-state index is 0. The van der Waals surface area contributed by atoms with Crippen molar-refractivity contribution in [1.29, 1.82) is 0 Å². The van der Waals surface area contributed by atoms with Crippen LogP contribution in [0.3, 0.4) is 0 Å². The van der Waals surface area contributed by atoms with Crippen LogP contribution in [-0.2, 0) is 9.63 Å². The first-order valence-electron chi connectivity index (χ1n) is 6.56. The standard InChI is InChI=1S/C16H18N2O2.Na.H/c17-11-12-18-20-16(19)15(13-7-3-1-4-8-13)14-9-5-2-6-10-14;;/h1-10,15,18H,11-12,17H2;;/q;+1;-1. The Morgan fingerprint density at radius 1 is 1.05 bits per heavy atom. The maximum absolute atomic E-state index is 12.3. The van der Waals surface area contributed by atoms with Gasteiger partial charge in [0.1, 0.15) is 5.92 Å². The Bertz CT molecular complexity index is 501. The number of nitrogens with one attached hydrogen (secondary N) is 1. The molecule has 0 amide bonds. The van der Waals surface area contributed by atoms with E-state index < -0.39 is 5.92 Å². The van der Waals surface area contributed by atoms with Gasteiger partial charge < -0.3 is 12.0 Å². The molecule has 0 saturated heterocycles. The summed E-state index contributed by atoms with van der Waals surface area (Å²) in [6.07, 6.45) is 0. The fraction of sp³-hybridized carbons (Fsp3) is 0.188. The third-order valence-corrected chi connectivity index (χ3v) is 2.92. The molecular weight excluding hydrogens is 275 g/mol. The number of hydroxylamine groups is 1. The SMILES string of the molecule is NCCNOC(=O)C(c1ccccc1)c1ccccc1.[H-].[Na+]. The molecule has 0 fully saturated rings. The van der Waals surface area contributed by atoms with E-state index in [1.807, 2.05) is 60.7 Å². The molecule has 106 valence electrons. The zero-order chi connectivity index (χ0) is 14.2. The molecule has 0 bridgehead atoms. The molecule has 3 N–H and O–H groups in total. The fourth-order valence-corrected chi connectivity index (χ4v) is 2.00. The summed E-state index contributed by atoms with van der Waals surface area (Å²) in [5, 5.41) is 0. The van der Waals surface area contributed by atoms with Gasteiger partial charge in [-0.25, -0.2) is 4.79 Å². The molecule has 0 spiro atoms. The van der Waals surface area contributed by atoms with Crippen LogP contribution in [0.5, 0.6) is 0 Å². The van der Waals surface area contributed by atoms with Gasteiger partial charge in [-0.1, -0.05) is 60.7 Å². The minimum Gasteiger partial charge on any atom is -1.00 e. The van der Waals surface area contributed by atoms with Crippen molar-refractivity contribution in [1.82, 2.24) is 5.48 Å². The number of benzene rings is 2. The second-order valence-electron chi connectivity index (χ2n) is 4.36. The molecule has 0 aromatic heterocycles. The number of hydrogen-bond acceptors (Lipinski definition) is 4. The van der Waals surface area contributed by atoms with E-state index in [-0.39, 0.29) is 37.0 Å². The molecule has 2 rings (SSSR count). The number of hydrogen-bond donors (Lipinski definition) is 2. The monoisotopic (exact) mass is 294 g/mol. The van der Waals surface area contributed by atoms with E-state index in [2.05, 4.69) is 5.48 Å². The van der Waals surface area contributed by atoms with Gasteiger partial charge >= 0.3 is 35.5 Å². The summed E-state index contributed by atoms with van der Waals surface area (Å²) in [6, 6.07) is 19.1. The van der Waals surface area contributed by atoms with E-state index in [9.17, 15) is 4.79 Å². The molecular formula is C16H19N2NaO2. The Labute approximate surface area is 148 Å². The van der Waals surface area contributed by atoms with Crippen molar-refractivity contribution in [3.63, 3.8) is 0 Å². The van der Waals surface area contributed by atoms with Crippen LogP contribution in [0.4, 0.5) is 0 Å². The van der Waals surface area contributed by atoms with Gasteiger partial charge in [0.2, 0.25) is 0 Å². The normalized spacial score (nSPS) is 10.0. The van der Waals surface area contributed by atoms with Gasteiger partial charge in [0, 0.05) is 13.1 Å². The minimum atomic E-state index is -0.442. The third-order valence-electron chi connectivity index (χ3n) is 2.92. The Balaban J connectivity index is 0.00000220. The van der Waals surface area contributed by atoms with Crippen LogP contribution in [-0.4, -0.2) is 19.1 Å². The molecule has 0 atom stereocenters. The van der Waals surface area contributed by atoms with Crippen molar-refractivity contribution >= 4 is 5.97 Å². The van der Waals surface area contributed by atoms with Gasteiger partial charge in [-0.05, 0) is 11.1 Å². The zero-order valence-electron chi connectivity index (χ0n) is 13.2. The first-order valence-corrected chi connectivity index (χ1v) is 6.56. The van der Waals surface area contributed by atoms with Crippen LogP contribution in [0.2, 0.25) is 0 Å². The van der Waals surface area contributed by atoms with E-state index in [1.165, 1.54) is 0 Å². The van der Waals surface area contributed by atoms with Crippen molar-refractivity contribution in [2.45, 2.75) is 5.92 Å². The molecule has 0 saturated carbocycles. The fourth-order valence-electron chi connectivity index (χ4n) is 2.00. The first-order chi connectivity index (χ1) is 9.83. The summed E-state index contributed by atoms with van der Waals surface area (Å²) >= 11 is 0. The van der Waals surface area contributed by atoms with Crippen LogP contribution in [0.25, 0.3) is 0 Å². The predicted octanol–water partition coefficient (Wildman–Crippen LogP) is -1.06. The summed E-state index contributed by atoms with van der Waals surface area (Å²) in [5.74, 6) is -0.779. The zero-order valence-corrected chi connectivity index (χ0v) is 14.2. The number of carbonyl (C=O) groups is 1. The summed E-state index contributed by atoms with van der Waals surface area (Å²) in [7, 11) is 0. The number of rotatable bonds is 6. The maximum Gasteiger partial charge on any atom is 1.00 e. The van der Waals surface area contributed by atoms with E-state index in [4.69, 9.17) is 10.6 Å². The van der Waals surface area contributed by atoms with Gasteiger partial charge in [0.15, 0.2) is 0 Å². The predicted molar refractivity (Wildman–Crippen MR) is 79.0 cm³/mol. The Morgan fingerprint density at radius 3 is 1.95 bits per heavy atom. The van der Waals surface area contributed by atoms with E-state index >= 15 is 0 Å². The average molecular weight is 294 g/mol. The summed E-state index contributed by atoms with van der Waals surface area (Å²) in [4.78, 5) is 17.4. The largest absolute Gasteiger partial charge is 1.00 e. The van der Waals surface area contributed by atoms with Crippen molar-refractivity contribution in [3.05, 3.63) is 71.8 Å².